The summed E-state index contributed by atoms with van der Waals surface area (Å²) in [6.07, 6.45) is 3.73. The van der Waals surface area contributed by atoms with E-state index in [1.165, 1.54) is 29.4 Å². The molecule has 1 aliphatic rings. The van der Waals surface area contributed by atoms with Crippen LogP contribution in [0.15, 0.2) is 47.4 Å². The number of carbonyl (C=O) groups excluding carboxylic acids is 2. The van der Waals surface area contributed by atoms with Crippen molar-refractivity contribution in [3.05, 3.63) is 53.1 Å². The smallest absolute Gasteiger partial charge is 0.255 e. The van der Waals surface area contributed by atoms with Gasteiger partial charge in [-0.3, -0.25) is 9.59 Å². The Morgan fingerprint density at radius 1 is 0.967 bits per heavy atom. The number of nitrogens with one attached hydrogen (secondary N) is 2. The summed E-state index contributed by atoms with van der Waals surface area (Å²) in [5, 5.41) is 5.55. The summed E-state index contributed by atoms with van der Waals surface area (Å²) in [6, 6.07) is 10.7. The zero-order valence-corrected chi connectivity index (χ0v) is 18.2. The van der Waals surface area contributed by atoms with E-state index in [2.05, 4.69) is 10.6 Å². The fourth-order valence-corrected chi connectivity index (χ4v) is 5.11. The molecule has 0 aliphatic carbocycles. The molecule has 2 aromatic carbocycles. The molecule has 30 heavy (non-hydrogen) atoms. The molecule has 2 amide bonds. The average molecular weight is 450 g/mol. The number of hydrogen-bond acceptors (Lipinski definition) is 4. The van der Waals surface area contributed by atoms with Crippen LogP contribution in [-0.2, 0) is 14.8 Å². The van der Waals surface area contributed by atoms with Crippen molar-refractivity contribution in [3.8, 4) is 0 Å². The second-order valence-corrected chi connectivity index (χ2v) is 9.52. The van der Waals surface area contributed by atoms with Crippen LogP contribution >= 0.6 is 11.6 Å². The van der Waals surface area contributed by atoms with E-state index < -0.39 is 15.9 Å². The molecular weight excluding hydrogens is 426 g/mol. The van der Waals surface area contributed by atoms with Crippen molar-refractivity contribution in [1.29, 1.82) is 0 Å². The minimum Gasteiger partial charge on any atom is -0.326 e. The van der Waals surface area contributed by atoms with Crippen molar-refractivity contribution < 1.29 is 18.0 Å². The average Bonchev–Trinajstić information content (AvgIpc) is 3.00. The topological polar surface area (TPSA) is 95.6 Å². The molecule has 0 spiro atoms. The Hall–Kier alpha value is -2.42. The van der Waals surface area contributed by atoms with Gasteiger partial charge in [0.2, 0.25) is 15.9 Å². The summed E-state index contributed by atoms with van der Waals surface area (Å²) in [7, 11) is -3.65. The molecule has 9 heteroatoms. The van der Waals surface area contributed by atoms with Gasteiger partial charge in [0.1, 0.15) is 0 Å². The predicted octanol–water partition coefficient (Wildman–Crippen LogP) is 4.12. The van der Waals surface area contributed by atoms with E-state index in [1.807, 2.05) is 0 Å². The van der Waals surface area contributed by atoms with Gasteiger partial charge in [-0.15, -0.1) is 0 Å². The number of halogens is 1. The summed E-state index contributed by atoms with van der Waals surface area (Å²) in [5.74, 6) is -0.706. The molecule has 2 N–H and O–H groups in total. The van der Waals surface area contributed by atoms with E-state index in [0.717, 1.165) is 25.7 Å². The first kappa shape index (κ1) is 22.3. The molecule has 0 bridgehead atoms. The standard InChI is InChI=1S/C21H24ClN3O4S/c1-15(26)23-17-9-10-20(19(22)14-17)24-21(27)16-7-6-8-18(13-16)30(28,29)25-11-4-2-3-5-12-25/h6-10,13-14H,2-5,11-12H2,1H3,(H,23,26)(H,24,27). The predicted molar refractivity (Wildman–Crippen MR) is 117 cm³/mol. The Morgan fingerprint density at radius 2 is 1.67 bits per heavy atom. The Balaban J connectivity index is 1.78. The van der Waals surface area contributed by atoms with Gasteiger partial charge in [0.15, 0.2) is 0 Å². The highest BCUT2D eigenvalue weighted by Crippen LogP contribution is 2.27. The number of sulfonamides is 1. The lowest BCUT2D eigenvalue weighted by Crippen LogP contribution is -2.32. The Morgan fingerprint density at radius 3 is 2.30 bits per heavy atom. The van der Waals surface area contributed by atoms with Crippen molar-refractivity contribution in [1.82, 2.24) is 4.31 Å². The zero-order valence-electron chi connectivity index (χ0n) is 16.7. The first-order valence-electron chi connectivity index (χ1n) is 9.76. The van der Waals surface area contributed by atoms with E-state index >= 15 is 0 Å². The minimum atomic E-state index is -3.65. The molecule has 0 atom stereocenters. The summed E-state index contributed by atoms with van der Waals surface area (Å²) in [4.78, 5) is 23.9. The van der Waals surface area contributed by atoms with Crippen molar-refractivity contribution in [2.45, 2.75) is 37.5 Å². The molecule has 0 radical (unpaired) electrons. The highest BCUT2D eigenvalue weighted by Gasteiger charge is 2.25. The molecular formula is C21H24ClN3O4S. The van der Waals surface area contributed by atoms with E-state index in [0.29, 0.717) is 24.5 Å². The number of amides is 2. The van der Waals surface area contributed by atoms with Crippen molar-refractivity contribution in [2.75, 3.05) is 23.7 Å². The lowest BCUT2D eigenvalue weighted by atomic mass is 10.2. The number of rotatable bonds is 5. The monoisotopic (exact) mass is 449 g/mol. The maximum Gasteiger partial charge on any atom is 0.255 e. The van der Waals surface area contributed by atoms with Crippen LogP contribution in [0.3, 0.4) is 0 Å². The zero-order chi connectivity index (χ0) is 21.7. The summed E-state index contributed by atoms with van der Waals surface area (Å²) >= 11 is 6.20. The van der Waals surface area contributed by atoms with Gasteiger partial charge in [0.25, 0.3) is 5.91 Å². The van der Waals surface area contributed by atoms with Crippen LogP contribution in [0.25, 0.3) is 0 Å². The molecule has 3 rings (SSSR count). The molecule has 1 aliphatic heterocycles. The van der Waals surface area contributed by atoms with Crippen molar-refractivity contribution in [2.24, 2.45) is 0 Å². The molecule has 0 aromatic heterocycles. The van der Waals surface area contributed by atoms with Crippen LogP contribution in [0.2, 0.25) is 5.02 Å². The van der Waals surface area contributed by atoms with Gasteiger partial charge in [0.05, 0.1) is 15.6 Å². The third kappa shape index (κ3) is 5.38. The van der Waals surface area contributed by atoms with Gasteiger partial charge in [-0.2, -0.15) is 4.31 Å². The second kappa shape index (κ2) is 9.59. The fourth-order valence-electron chi connectivity index (χ4n) is 3.32. The lowest BCUT2D eigenvalue weighted by Gasteiger charge is -2.20. The molecule has 1 heterocycles. The molecule has 2 aromatic rings. The van der Waals surface area contributed by atoms with E-state index in [4.69, 9.17) is 11.6 Å². The quantitative estimate of drug-likeness (QED) is 0.717. The Labute approximate surface area is 181 Å². The van der Waals surface area contributed by atoms with Gasteiger partial charge in [0, 0.05) is 31.3 Å². The summed E-state index contributed by atoms with van der Waals surface area (Å²) in [5.41, 5.74) is 1.08. The van der Waals surface area contributed by atoms with Gasteiger partial charge in [-0.1, -0.05) is 30.5 Å². The number of carbonyl (C=O) groups is 2. The number of anilines is 2. The second-order valence-electron chi connectivity index (χ2n) is 7.18. The van der Waals surface area contributed by atoms with E-state index in [-0.39, 0.29) is 21.4 Å². The molecule has 0 saturated carbocycles. The normalized spacial score (nSPS) is 15.3. The maximum absolute atomic E-state index is 13.0. The fraction of sp³-hybridized carbons (Fsp3) is 0.333. The molecule has 160 valence electrons. The summed E-state index contributed by atoms with van der Waals surface area (Å²) in [6.45, 7) is 2.38. The van der Waals surface area contributed by atoms with Crippen LogP contribution in [0.1, 0.15) is 43.0 Å². The first-order valence-corrected chi connectivity index (χ1v) is 11.6. The number of hydrogen-bond donors (Lipinski definition) is 2. The maximum atomic E-state index is 13.0. The van der Waals surface area contributed by atoms with Crippen LogP contribution in [0.5, 0.6) is 0 Å². The number of nitrogens with zero attached hydrogens (tertiary/aromatic N) is 1. The SMILES string of the molecule is CC(=O)Nc1ccc(NC(=O)c2cccc(S(=O)(=O)N3CCCCCC3)c2)c(Cl)c1. The third-order valence-corrected chi connectivity index (χ3v) is 7.04. The van der Waals surface area contributed by atoms with Gasteiger partial charge in [-0.05, 0) is 49.2 Å². The molecule has 0 unspecified atom stereocenters. The van der Waals surface area contributed by atoms with Crippen molar-refractivity contribution in [3.63, 3.8) is 0 Å². The first-order chi connectivity index (χ1) is 14.3. The van der Waals surface area contributed by atoms with Gasteiger partial charge in [-0.25, -0.2) is 8.42 Å². The Bertz CT molecular complexity index is 1050. The van der Waals surface area contributed by atoms with E-state index in [1.54, 1.807) is 24.3 Å². The van der Waals surface area contributed by atoms with Gasteiger partial charge < -0.3 is 10.6 Å². The van der Waals surface area contributed by atoms with Crippen LogP contribution in [0.4, 0.5) is 11.4 Å². The van der Waals surface area contributed by atoms with E-state index in [9.17, 15) is 18.0 Å². The third-order valence-electron chi connectivity index (χ3n) is 4.84. The molecule has 7 nitrogen and oxygen atoms in total. The van der Waals surface area contributed by atoms with Crippen molar-refractivity contribution >= 4 is 44.8 Å². The van der Waals surface area contributed by atoms with Crippen LogP contribution in [0, 0.1) is 0 Å². The number of benzene rings is 2. The van der Waals surface area contributed by atoms with Crippen LogP contribution < -0.4 is 10.6 Å². The largest absolute Gasteiger partial charge is 0.326 e. The lowest BCUT2D eigenvalue weighted by molar-refractivity contribution is -0.114. The minimum absolute atomic E-state index is 0.101. The highest BCUT2D eigenvalue weighted by molar-refractivity contribution is 7.89. The Kier molecular flexibility index (Phi) is 7.12. The van der Waals surface area contributed by atoms with Crippen LogP contribution in [-0.4, -0.2) is 37.6 Å². The summed E-state index contributed by atoms with van der Waals surface area (Å²) < 4.78 is 27.5. The van der Waals surface area contributed by atoms with Gasteiger partial charge >= 0.3 is 0 Å². The molecule has 1 saturated heterocycles. The molecule has 1 fully saturated rings. The highest BCUT2D eigenvalue weighted by atomic mass is 35.5.